The van der Waals surface area contributed by atoms with Gasteiger partial charge >= 0.3 is 0 Å². The molecule has 0 atom stereocenters. The molecule has 6 nitrogen and oxygen atoms in total. The van der Waals surface area contributed by atoms with Gasteiger partial charge < -0.3 is 15.0 Å². The highest BCUT2D eigenvalue weighted by Gasteiger charge is 2.15. The summed E-state index contributed by atoms with van der Waals surface area (Å²) in [5.74, 6) is 1.08. The third kappa shape index (κ3) is 4.01. The predicted octanol–water partition coefficient (Wildman–Crippen LogP) is 3.12. The Hall–Kier alpha value is -2.63. The molecule has 0 radical (unpaired) electrons. The van der Waals surface area contributed by atoms with Gasteiger partial charge in [0.25, 0.3) is 5.91 Å². The fraction of sp³-hybridized carbons (Fsp3) is 0.389. The third-order valence-electron chi connectivity index (χ3n) is 4.09. The summed E-state index contributed by atoms with van der Waals surface area (Å²) in [5, 5.41) is 2.85. The molecular formula is C18H22N4O2. The zero-order valence-corrected chi connectivity index (χ0v) is 13.9. The van der Waals surface area contributed by atoms with Crippen molar-refractivity contribution < 1.29 is 9.53 Å². The van der Waals surface area contributed by atoms with Crippen LogP contribution in [0, 0.1) is 0 Å². The SMILES string of the molecule is COc1cccc(NC(=O)c2ccnc(N3CCCCCC3)n2)c1. The molecular weight excluding hydrogens is 304 g/mol. The van der Waals surface area contributed by atoms with Crippen LogP contribution in [0.25, 0.3) is 0 Å². The Morgan fingerprint density at radius 1 is 1.17 bits per heavy atom. The number of ether oxygens (including phenoxy) is 1. The van der Waals surface area contributed by atoms with Crippen molar-refractivity contribution in [1.82, 2.24) is 9.97 Å². The van der Waals surface area contributed by atoms with E-state index in [0.717, 1.165) is 25.9 Å². The van der Waals surface area contributed by atoms with Crippen LogP contribution in [-0.4, -0.2) is 36.1 Å². The maximum atomic E-state index is 12.5. The van der Waals surface area contributed by atoms with Crippen LogP contribution >= 0.6 is 0 Å². The molecule has 1 fully saturated rings. The first-order chi connectivity index (χ1) is 11.8. The number of hydrogen-bond acceptors (Lipinski definition) is 5. The molecule has 3 rings (SSSR count). The Morgan fingerprint density at radius 3 is 2.71 bits per heavy atom. The van der Waals surface area contributed by atoms with Gasteiger partial charge in [-0.15, -0.1) is 0 Å². The van der Waals surface area contributed by atoms with E-state index in [0.29, 0.717) is 23.1 Å². The number of rotatable bonds is 4. The molecule has 24 heavy (non-hydrogen) atoms. The summed E-state index contributed by atoms with van der Waals surface area (Å²) >= 11 is 0. The van der Waals surface area contributed by atoms with Crippen LogP contribution in [0.15, 0.2) is 36.5 Å². The number of hydrogen-bond donors (Lipinski definition) is 1. The maximum Gasteiger partial charge on any atom is 0.274 e. The molecule has 2 aromatic rings. The summed E-state index contributed by atoms with van der Waals surface area (Å²) in [6.07, 6.45) is 6.42. The molecule has 0 spiro atoms. The summed E-state index contributed by atoms with van der Waals surface area (Å²) in [4.78, 5) is 23.4. The molecule has 0 aliphatic carbocycles. The van der Waals surface area contributed by atoms with Crippen molar-refractivity contribution in [2.75, 3.05) is 30.4 Å². The van der Waals surface area contributed by atoms with Crippen LogP contribution in [0.5, 0.6) is 5.75 Å². The van der Waals surface area contributed by atoms with E-state index in [1.165, 1.54) is 12.8 Å². The standard InChI is InChI=1S/C18H22N4O2/c1-24-15-8-6-7-14(13-15)20-17(23)16-9-10-19-18(21-16)22-11-4-2-3-5-12-22/h6-10,13H,2-5,11-12H2,1H3,(H,20,23). The Kier molecular flexibility index (Phi) is 5.25. The second-order valence-corrected chi connectivity index (χ2v) is 5.83. The molecule has 2 heterocycles. The van der Waals surface area contributed by atoms with Crippen molar-refractivity contribution in [3.63, 3.8) is 0 Å². The fourth-order valence-corrected chi connectivity index (χ4v) is 2.79. The lowest BCUT2D eigenvalue weighted by molar-refractivity contribution is 0.102. The Bertz CT molecular complexity index is 697. The average Bonchev–Trinajstić information content (AvgIpc) is 2.91. The van der Waals surface area contributed by atoms with Crippen molar-refractivity contribution in [3.8, 4) is 5.75 Å². The van der Waals surface area contributed by atoms with Crippen molar-refractivity contribution in [3.05, 3.63) is 42.2 Å². The predicted molar refractivity (Wildman–Crippen MR) is 93.7 cm³/mol. The van der Waals surface area contributed by atoms with Gasteiger partial charge in [0.15, 0.2) is 0 Å². The second-order valence-electron chi connectivity index (χ2n) is 5.83. The quantitative estimate of drug-likeness (QED) is 0.935. The van der Waals surface area contributed by atoms with E-state index in [1.807, 2.05) is 18.2 Å². The highest BCUT2D eigenvalue weighted by molar-refractivity contribution is 6.03. The molecule has 0 saturated carbocycles. The van der Waals surface area contributed by atoms with Gasteiger partial charge in [0, 0.05) is 31.0 Å². The molecule has 6 heteroatoms. The number of anilines is 2. The summed E-state index contributed by atoms with van der Waals surface area (Å²) in [5.41, 5.74) is 1.04. The molecule has 1 aromatic carbocycles. The summed E-state index contributed by atoms with van der Waals surface area (Å²) in [7, 11) is 1.60. The number of aromatic nitrogens is 2. The van der Waals surface area contributed by atoms with Crippen molar-refractivity contribution in [1.29, 1.82) is 0 Å². The fourth-order valence-electron chi connectivity index (χ4n) is 2.79. The van der Waals surface area contributed by atoms with Gasteiger partial charge in [-0.25, -0.2) is 9.97 Å². The van der Waals surface area contributed by atoms with E-state index in [4.69, 9.17) is 4.74 Å². The minimum atomic E-state index is -0.248. The summed E-state index contributed by atoms with van der Waals surface area (Å²) < 4.78 is 5.17. The number of benzene rings is 1. The van der Waals surface area contributed by atoms with E-state index < -0.39 is 0 Å². The van der Waals surface area contributed by atoms with E-state index in [2.05, 4.69) is 20.2 Å². The summed E-state index contributed by atoms with van der Waals surface area (Å²) in [6.45, 7) is 1.89. The lowest BCUT2D eigenvalue weighted by atomic mass is 10.2. The zero-order chi connectivity index (χ0) is 16.8. The highest BCUT2D eigenvalue weighted by atomic mass is 16.5. The van der Waals surface area contributed by atoms with Crippen molar-refractivity contribution in [2.24, 2.45) is 0 Å². The van der Waals surface area contributed by atoms with Crippen molar-refractivity contribution in [2.45, 2.75) is 25.7 Å². The smallest absolute Gasteiger partial charge is 0.274 e. The Balaban J connectivity index is 1.73. The van der Waals surface area contributed by atoms with Crippen LogP contribution in [0.4, 0.5) is 11.6 Å². The number of nitrogens with zero attached hydrogens (tertiary/aromatic N) is 3. The third-order valence-corrected chi connectivity index (χ3v) is 4.09. The lowest BCUT2D eigenvalue weighted by Gasteiger charge is -2.20. The molecule has 1 aromatic heterocycles. The van der Waals surface area contributed by atoms with Gasteiger partial charge in [-0.2, -0.15) is 0 Å². The minimum absolute atomic E-state index is 0.248. The minimum Gasteiger partial charge on any atom is -0.497 e. The van der Waals surface area contributed by atoms with Gasteiger partial charge in [-0.05, 0) is 31.0 Å². The van der Waals surface area contributed by atoms with Crippen LogP contribution in [0.2, 0.25) is 0 Å². The van der Waals surface area contributed by atoms with Gasteiger partial charge in [-0.3, -0.25) is 4.79 Å². The first-order valence-electron chi connectivity index (χ1n) is 8.29. The average molecular weight is 326 g/mol. The Morgan fingerprint density at radius 2 is 1.96 bits per heavy atom. The number of carbonyl (C=O) groups is 1. The summed E-state index contributed by atoms with van der Waals surface area (Å²) in [6, 6.07) is 8.89. The maximum absolute atomic E-state index is 12.5. The number of methoxy groups -OCH3 is 1. The van der Waals surface area contributed by atoms with Gasteiger partial charge in [-0.1, -0.05) is 18.9 Å². The topological polar surface area (TPSA) is 67.3 Å². The molecule has 0 bridgehead atoms. The molecule has 126 valence electrons. The van der Waals surface area contributed by atoms with Gasteiger partial charge in [0.2, 0.25) is 5.95 Å². The van der Waals surface area contributed by atoms with E-state index in [1.54, 1.807) is 25.4 Å². The number of nitrogens with one attached hydrogen (secondary N) is 1. The largest absolute Gasteiger partial charge is 0.497 e. The van der Waals surface area contributed by atoms with Crippen LogP contribution in [-0.2, 0) is 0 Å². The van der Waals surface area contributed by atoms with E-state index in [-0.39, 0.29) is 5.91 Å². The van der Waals surface area contributed by atoms with Gasteiger partial charge in [0.1, 0.15) is 11.4 Å². The normalized spacial score (nSPS) is 14.8. The Labute approximate surface area is 141 Å². The molecule has 1 aliphatic rings. The highest BCUT2D eigenvalue weighted by Crippen LogP contribution is 2.18. The first-order valence-corrected chi connectivity index (χ1v) is 8.29. The van der Waals surface area contributed by atoms with E-state index >= 15 is 0 Å². The molecule has 1 saturated heterocycles. The van der Waals surface area contributed by atoms with E-state index in [9.17, 15) is 4.79 Å². The lowest BCUT2D eigenvalue weighted by Crippen LogP contribution is -2.27. The molecule has 1 aliphatic heterocycles. The van der Waals surface area contributed by atoms with Gasteiger partial charge in [0.05, 0.1) is 7.11 Å². The molecule has 0 unspecified atom stereocenters. The first kappa shape index (κ1) is 16.2. The zero-order valence-electron chi connectivity index (χ0n) is 13.9. The second kappa shape index (κ2) is 7.77. The monoisotopic (exact) mass is 326 g/mol. The molecule has 1 N–H and O–H groups in total. The van der Waals surface area contributed by atoms with Crippen LogP contribution in [0.3, 0.4) is 0 Å². The van der Waals surface area contributed by atoms with Crippen LogP contribution < -0.4 is 15.0 Å². The van der Waals surface area contributed by atoms with Crippen molar-refractivity contribution >= 4 is 17.5 Å². The van der Waals surface area contributed by atoms with Crippen LogP contribution in [0.1, 0.15) is 36.2 Å². The number of carbonyl (C=O) groups excluding carboxylic acids is 1. The number of amides is 1. The molecule has 1 amide bonds.